The number of carbonyl (C=O) groups is 2. The molecule has 2 N–H and O–H groups in total. The fourth-order valence-electron chi connectivity index (χ4n) is 0.628. The number of aromatic carboxylic acids is 2. The molecular weight excluding hydrogens is 188 g/mol. The van der Waals surface area contributed by atoms with Crippen LogP contribution >= 0.6 is 12.4 Å². The van der Waals surface area contributed by atoms with Crippen molar-refractivity contribution in [1.82, 2.24) is 0 Å². The molecule has 66 valence electrons. The minimum absolute atomic E-state index is 0. The average molecular weight is 193 g/mol. The Bertz CT molecular complexity index is 274. The van der Waals surface area contributed by atoms with E-state index in [9.17, 15) is 9.59 Å². The van der Waals surface area contributed by atoms with Crippen LogP contribution < -0.4 is 0 Å². The second kappa shape index (κ2) is 3.77. The topological polar surface area (TPSA) is 87.7 Å². The first-order valence-electron chi connectivity index (χ1n) is 2.65. The molecule has 0 amide bonds. The number of carboxylic acid groups (broad SMARTS) is 2. The van der Waals surface area contributed by atoms with Gasteiger partial charge in [0.15, 0.2) is 0 Å². The Morgan fingerprint density at radius 1 is 1.08 bits per heavy atom. The maximum atomic E-state index is 10.3. The highest BCUT2D eigenvalue weighted by Crippen LogP contribution is 2.09. The molecule has 0 saturated heterocycles. The van der Waals surface area contributed by atoms with E-state index in [0.717, 1.165) is 12.5 Å². The molecule has 6 heteroatoms. The molecule has 0 aliphatic rings. The summed E-state index contributed by atoms with van der Waals surface area (Å²) in [6.45, 7) is 0. The van der Waals surface area contributed by atoms with Crippen molar-refractivity contribution in [3.63, 3.8) is 0 Å². The SMILES string of the molecule is Cl.O=C(O)c1cocc1C(=O)O. The number of hydrogen-bond donors (Lipinski definition) is 2. The van der Waals surface area contributed by atoms with Gasteiger partial charge in [0, 0.05) is 0 Å². The highest BCUT2D eigenvalue weighted by atomic mass is 35.5. The minimum atomic E-state index is -1.31. The fourth-order valence-corrected chi connectivity index (χ4v) is 0.628. The first-order valence-corrected chi connectivity index (χ1v) is 2.65. The monoisotopic (exact) mass is 192 g/mol. The first-order chi connectivity index (χ1) is 5.13. The van der Waals surface area contributed by atoms with Crippen molar-refractivity contribution < 1.29 is 24.2 Å². The Morgan fingerprint density at radius 3 is 1.67 bits per heavy atom. The van der Waals surface area contributed by atoms with Gasteiger partial charge in [-0.3, -0.25) is 0 Å². The van der Waals surface area contributed by atoms with Crippen LogP contribution in [0.1, 0.15) is 20.7 Å². The first kappa shape index (κ1) is 10.5. The van der Waals surface area contributed by atoms with Crippen LogP contribution in [-0.4, -0.2) is 22.2 Å². The van der Waals surface area contributed by atoms with E-state index in [-0.39, 0.29) is 23.5 Å². The molecule has 0 aromatic carbocycles. The minimum Gasteiger partial charge on any atom is -0.478 e. The van der Waals surface area contributed by atoms with Gasteiger partial charge in [-0.15, -0.1) is 12.4 Å². The van der Waals surface area contributed by atoms with Crippen molar-refractivity contribution in [3.8, 4) is 0 Å². The van der Waals surface area contributed by atoms with Crippen LogP contribution in [0.25, 0.3) is 0 Å². The van der Waals surface area contributed by atoms with Crippen LogP contribution in [-0.2, 0) is 0 Å². The van der Waals surface area contributed by atoms with Gasteiger partial charge in [0.1, 0.15) is 23.7 Å². The zero-order valence-corrected chi connectivity index (χ0v) is 6.50. The van der Waals surface area contributed by atoms with Crippen molar-refractivity contribution in [3.05, 3.63) is 23.7 Å². The molecule has 0 unspecified atom stereocenters. The summed E-state index contributed by atoms with van der Waals surface area (Å²) in [6.07, 6.45) is 1.76. The summed E-state index contributed by atoms with van der Waals surface area (Å²) in [5.74, 6) is -2.62. The van der Waals surface area contributed by atoms with E-state index in [0.29, 0.717) is 0 Å². The van der Waals surface area contributed by atoms with E-state index in [4.69, 9.17) is 10.2 Å². The lowest BCUT2D eigenvalue weighted by Crippen LogP contribution is -2.03. The highest BCUT2D eigenvalue weighted by molar-refractivity contribution is 6.01. The predicted octanol–water partition coefficient (Wildman–Crippen LogP) is 1.10. The zero-order chi connectivity index (χ0) is 8.43. The summed E-state index contributed by atoms with van der Waals surface area (Å²) in [6, 6.07) is 0. The predicted molar refractivity (Wildman–Crippen MR) is 39.9 cm³/mol. The summed E-state index contributed by atoms with van der Waals surface area (Å²) in [7, 11) is 0. The summed E-state index contributed by atoms with van der Waals surface area (Å²) < 4.78 is 4.41. The number of hydrogen-bond acceptors (Lipinski definition) is 3. The van der Waals surface area contributed by atoms with Crippen molar-refractivity contribution in [1.29, 1.82) is 0 Å². The average Bonchev–Trinajstić information content (AvgIpc) is 2.32. The van der Waals surface area contributed by atoms with Crippen molar-refractivity contribution in [2.45, 2.75) is 0 Å². The smallest absolute Gasteiger partial charge is 0.339 e. The second-order valence-electron chi connectivity index (χ2n) is 1.81. The van der Waals surface area contributed by atoms with E-state index in [1.807, 2.05) is 0 Å². The number of halogens is 1. The Balaban J connectivity index is 0.00000121. The van der Waals surface area contributed by atoms with Gasteiger partial charge in [-0.2, -0.15) is 0 Å². The molecular formula is C6H5ClO5. The van der Waals surface area contributed by atoms with E-state index in [1.54, 1.807) is 0 Å². The maximum absolute atomic E-state index is 10.3. The second-order valence-corrected chi connectivity index (χ2v) is 1.81. The highest BCUT2D eigenvalue weighted by Gasteiger charge is 2.17. The molecule has 0 bridgehead atoms. The molecule has 12 heavy (non-hydrogen) atoms. The van der Waals surface area contributed by atoms with Gasteiger partial charge < -0.3 is 14.6 Å². The van der Waals surface area contributed by atoms with Gasteiger partial charge in [0.25, 0.3) is 0 Å². The molecule has 0 fully saturated rings. The van der Waals surface area contributed by atoms with Crippen LogP contribution in [0.5, 0.6) is 0 Å². The summed E-state index contributed by atoms with van der Waals surface area (Å²) >= 11 is 0. The van der Waals surface area contributed by atoms with Crippen molar-refractivity contribution >= 4 is 24.3 Å². The van der Waals surface area contributed by atoms with Gasteiger partial charge >= 0.3 is 11.9 Å². The van der Waals surface area contributed by atoms with Crippen LogP contribution in [0.2, 0.25) is 0 Å². The molecule has 1 heterocycles. The Labute approximate surface area is 73.0 Å². The Hall–Kier alpha value is -1.49. The molecule has 0 aliphatic heterocycles. The third kappa shape index (κ3) is 1.76. The molecule has 0 atom stereocenters. The van der Waals surface area contributed by atoms with Gasteiger partial charge in [-0.1, -0.05) is 0 Å². The van der Waals surface area contributed by atoms with Crippen LogP contribution in [0.3, 0.4) is 0 Å². The standard InChI is InChI=1S/C6H4O5.ClH/c7-5(8)3-1-11-2-4(3)6(9)10;/h1-2H,(H,7,8)(H,9,10);1H. The number of carboxylic acids is 2. The summed E-state index contributed by atoms with van der Waals surface area (Å²) in [5.41, 5.74) is -0.671. The van der Waals surface area contributed by atoms with Crippen LogP contribution in [0.15, 0.2) is 16.9 Å². The van der Waals surface area contributed by atoms with E-state index in [1.165, 1.54) is 0 Å². The third-order valence-corrected chi connectivity index (χ3v) is 1.12. The molecule has 1 aromatic heterocycles. The number of furan rings is 1. The molecule has 1 aromatic rings. The van der Waals surface area contributed by atoms with Gasteiger partial charge in [-0.25, -0.2) is 9.59 Å². The summed E-state index contributed by atoms with van der Waals surface area (Å²) in [5, 5.41) is 16.8. The normalized spacial score (nSPS) is 8.67. The lowest BCUT2D eigenvalue weighted by Gasteiger charge is -1.88. The van der Waals surface area contributed by atoms with E-state index in [2.05, 4.69) is 4.42 Å². The summed E-state index contributed by atoms with van der Waals surface area (Å²) in [4.78, 5) is 20.5. The quantitative estimate of drug-likeness (QED) is 0.733. The lowest BCUT2D eigenvalue weighted by atomic mass is 10.2. The third-order valence-electron chi connectivity index (χ3n) is 1.12. The zero-order valence-electron chi connectivity index (χ0n) is 5.68. The molecule has 1 rings (SSSR count). The molecule has 0 aliphatic carbocycles. The van der Waals surface area contributed by atoms with Crippen LogP contribution in [0.4, 0.5) is 0 Å². The lowest BCUT2D eigenvalue weighted by molar-refractivity contribution is 0.0653. The van der Waals surface area contributed by atoms with Gasteiger partial charge in [-0.05, 0) is 0 Å². The van der Waals surface area contributed by atoms with Crippen molar-refractivity contribution in [2.75, 3.05) is 0 Å². The van der Waals surface area contributed by atoms with E-state index < -0.39 is 11.9 Å². The molecule has 5 nitrogen and oxygen atoms in total. The van der Waals surface area contributed by atoms with Gasteiger partial charge in [0.05, 0.1) is 0 Å². The number of rotatable bonds is 2. The Kier molecular flexibility index (Phi) is 3.30. The largest absolute Gasteiger partial charge is 0.478 e. The van der Waals surface area contributed by atoms with E-state index >= 15 is 0 Å². The van der Waals surface area contributed by atoms with Crippen LogP contribution in [0, 0.1) is 0 Å². The molecule has 0 radical (unpaired) electrons. The van der Waals surface area contributed by atoms with Crippen molar-refractivity contribution in [2.24, 2.45) is 0 Å². The maximum Gasteiger partial charge on any atom is 0.339 e. The molecule has 0 spiro atoms. The van der Waals surface area contributed by atoms with Gasteiger partial charge in [0.2, 0.25) is 0 Å². The Morgan fingerprint density at radius 2 is 1.42 bits per heavy atom. The molecule has 0 saturated carbocycles. The fraction of sp³-hybridized carbons (Fsp3) is 0.